The zero-order valence-corrected chi connectivity index (χ0v) is 11.7. The summed E-state index contributed by atoms with van der Waals surface area (Å²) in [4.78, 5) is 0. The van der Waals surface area contributed by atoms with Crippen molar-refractivity contribution in [1.29, 1.82) is 0 Å². The first-order valence-electron chi connectivity index (χ1n) is 7.16. The second-order valence-corrected chi connectivity index (χ2v) is 5.53. The third-order valence-corrected chi connectivity index (χ3v) is 4.02. The Balaban J connectivity index is 1.64. The number of nitrogens with two attached hydrogens (primary N) is 1. The monoisotopic (exact) mass is 250 g/mol. The van der Waals surface area contributed by atoms with Gasteiger partial charge in [-0.3, -0.25) is 0 Å². The smallest absolute Gasteiger partial charge is 0.0576 e. The predicted octanol–water partition coefficient (Wildman–Crippen LogP) is 2.78. The summed E-state index contributed by atoms with van der Waals surface area (Å²) in [5.41, 5.74) is 8.58. The first kappa shape index (κ1) is 13.6. The summed E-state index contributed by atoms with van der Waals surface area (Å²) in [7, 11) is 0. The van der Waals surface area contributed by atoms with Crippen molar-refractivity contribution in [3.05, 3.63) is 23.5 Å². The number of hydrogen-bond acceptors (Lipinski definition) is 2. The van der Waals surface area contributed by atoms with Gasteiger partial charge in [-0.05, 0) is 58.1 Å². The molecule has 0 aliphatic heterocycles. The number of hydrogen-bond donors (Lipinski definition) is 1. The van der Waals surface area contributed by atoms with Crippen LogP contribution >= 0.6 is 0 Å². The molecule has 1 aromatic heterocycles. The lowest BCUT2D eigenvalue weighted by atomic mass is 9.94. The highest BCUT2D eigenvalue weighted by atomic mass is 16.5. The molecule has 1 aliphatic rings. The Hall–Kier alpha value is -0.800. The van der Waals surface area contributed by atoms with Crippen molar-refractivity contribution in [1.82, 2.24) is 4.57 Å². The highest BCUT2D eigenvalue weighted by Gasteiger charge is 2.18. The van der Waals surface area contributed by atoms with Gasteiger partial charge >= 0.3 is 0 Å². The Labute approximate surface area is 110 Å². The Bertz CT molecular complexity index is 345. The molecule has 1 heterocycles. The molecule has 1 aliphatic carbocycles. The number of rotatable bonds is 5. The Kier molecular flexibility index (Phi) is 4.84. The van der Waals surface area contributed by atoms with Gasteiger partial charge in [0.2, 0.25) is 0 Å². The molecular formula is C15H26N2O. The van der Waals surface area contributed by atoms with Gasteiger partial charge in [-0.15, -0.1) is 0 Å². The Morgan fingerprint density at radius 2 is 1.78 bits per heavy atom. The summed E-state index contributed by atoms with van der Waals surface area (Å²) in [5, 5.41) is 0. The molecule has 0 atom stereocenters. The van der Waals surface area contributed by atoms with E-state index in [1.54, 1.807) is 0 Å². The van der Waals surface area contributed by atoms with Gasteiger partial charge in [0, 0.05) is 30.6 Å². The topological polar surface area (TPSA) is 40.2 Å². The maximum Gasteiger partial charge on any atom is 0.0576 e. The van der Waals surface area contributed by atoms with Crippen LogP contribution in [0.1, 0.15) is 43.5 Å². The highest BCUT2D eigenvalue weighted by molar-refractivity contribution is 5.13. The van der Waals surface area contributed by atoms with Gasteiger partial charge in [0.1, 0.15) is 0 Å². The molecule has 0 spiro atoms. The second kappa shape index (κ2) is 6.39. The fourth-order valence-electron chi connectivity index (χ4n) is 2.78. The minimum absolute atomic E-state index is 0.412. The third-order valence-electron chi connectivity index (χ3n) is 4.02. The van der Waals surface area contributed by atoms with Gasteiger partial charge in [-0.1, -0.05) is 0 Å². The maximum atomic E-state index is 5.94. The van der Waals surface area contributed by atoms with Crippen molar-refractivity contribution in [2.24, 2.45) is 5.73 Å². The van der Waals surface area contributed by atoms with E-state index in [1.807, 2.05) is 0 Å². The van der Waals surface area contributed by atoms with Gasteiger partial charge in [-0.25, -0.2) is 0 Å². The molecule has 18 heavy (non-hydrogen) atoms. The van der Waals surface area contributed by atoms with E-state index in [1.165, 1.54) is 11.4 Å². The molecule has 1 saturated carbocycles. The van der Waals surface area contributed by atoms with Gasteiger partial charge in [0.25, 0.3) is 0 Å². The number of ether oxygens (including phenoxy) is 1. The molecule has 2 N–H and O–H groups in total. The average Bonchev–Trinajstić information content (AvgIpc) is 2.68. The molecule has 1 aromatic rings. The number of aromatic nitrogens is 1. The van der Waals surface area contributed by atoms with E-state index >= 15 is 0 Å². The molecule has 0 bridgehead atoms. The predicted molar refractivity (Wildman–Crippen MR) is 74.7 cm³/mol. The Morgan fingerprint density at radius 3 is 2.39 bits per heavy atom. The van der Waals surface area contributed by atoms with Crippen molar-refractivity contribution in [3.8, 4) is 0 Å². The third kappa shape index (κ3) is 3.59. The van der Waals surface area contributed by atoms with E-state index in [9.17, 15) is 0 Å². The normalized spacial score (nSPS) is 24.4. The van der Waals surface area contributed by atoms with E-state index in [0.29, 0.717) is 12.1 Å². The van der Waals surface area contributed by atoms with Crippen LogP contribution in [0.25, 0.3) is 0 Å². The van der Waals surface area contributed by atoms with Crippen molar-refractivity contribution in [3.63, 3.8) is 0 Å². The van der Waals surface area contributed by atoms with Crippen LogP contribution in [0.4, 0.5) is 0 Å². The van der Waals surface area contributed by atoms with Crippen molar-refractivity contribution in [2.45, 2.75) is 64.6 Å². The molecule has 0 amide bonds. The van der Waals surface area contributed by atoms with Gasteiger partial charge in [0.15, 0.2) is 0 Å². The van der Waals surface area contributed by atoms with Crippen LogP contribution in [-0.4, -0.2) is 23.3 Å². The molecule has 0 unspecified atom stereocenters. The van der Waals surface area contributed by atoms with Crippen LogP contribution in [0.5, 0.6) is 0 Å². The summed E-state index contributed by atoms with van der Waals surface area (Å²) >= 11 is 0. The largest absolute Gasteiger partial charge is 0.378 e. The first-order valence-corrected chi connectivity index (χ1v) is 7.16. The molecule has 0 radical (unpaired) electrons. The standard InChI is InChI=1S/C15H26N2O/c1-12-4-5-13(2)17(12)10-3-11-18-15-8-6-14(16)7-9-15/h4-5,14-15H,3,6-11,16H2,1-2H3. The van der Waals surface area contributed by atoms with E-state index in [2.05, 4.69) is 30.5 Å². The lowest BCUT2D eigenvalue weighted by molar-refractivity contribution is 0.0224. The lowest BCUT2D eigenvalue weighted by Gasteiger charge is -2.26. The zero-order valence-electron chi connectivity index (χ0n) is 11.7. The van der Waals surface area contributed by atoms with E-state index in [4.69, 9.17) is 10.5 Å². The van der Waals surface area contributed by atoms with Crippen molar-refractivity contribution < 1.29 is 4.74 Å². The van der Waals surface area contributed by atoms with Crippen molar-refractivity contribution in [2.75, 3.05) is 6.61 Å². The summed E-state index contributed by atoms with van der Waals surface area (Å²) in [5.74, 6) is 0. The van der Waals surface area contributed by atoms with Crippen molar-refractivity contribution >= 4 is 0 Å². The molecule has 0 saturated heterocycles. The van der Waals surface area contributed by atoms with Crippen LogP contribution in [0.2, 0.25) is 0 Å². The number of aryl methyl sites for hydroxylation is 2. The maximum absolute atomic E-state index is 5.94. The van der Waals surface area contributed by atoms with Gasteiger partial charge < -0.3 is 15.0 Å². The summed E-state index contributed by atoms with van der Waals surface area (Å²) < 4.78 is 8.30. The molecule has 3 heteroatoms. The van der Waals surface area contributed by atoms with E-state index in [0.717, 1.165) is 45.3 Å². The van der Waals surface area contributed by atoms with Gasteiger partial charge in [0.05, 0.1) is 6.10 Å². The van der Waals surface area contributed by atoms with Crippen LogP contribution in [0.15, 0.2) is 12.1 Å². The summed E-state index contributed by atoms with van der Waals surface area (Å²) in [6, 6.07) is 4.77. The SMILES string of the molecule is Cc1ccc(C)n1CCCOC1CCC(N)CC1. The van der Waals surface area contributed by atoms with E-state index < -0.39 is 0 Å². The minimum Gasteiger partial charge on any atom is -0.378 e. The fraction of sp³-hybridized carbons (Fsp3) is 0.733. The Morgan fingerprint density at radius 1 is 1.17 bits per heavy atom. The quantitative estimate of drug-likeness (QED) is 0.816. The van der Waals surface area contributed by atoms with Crippen LogP contribution in [0.3, 0.4) is 0 Å². The molecule has 102 valence electrons. The zero-order chi connectivity index (χ0) is 13.0. The first-order chi connectivity index (χ1) is 8.66. The highest BCUT2D eigenvalue weighted by Crippen LogP contribution is 2.20. The molecule has 3 nitrogen and oxygen atoms in total. The van der Waals surface area contributed by atoms with E-state index in [-0.39, 0.29) is 0 Å². The summed E-state index contributed by atoms with van der Waals surface area (Å²) in [6.07, 6.45) is 6.09. The van der Waals surface area contributed by atoms with Crippen LogP contribution < -0.4 is 5.73 Å². The van der Waals surface area contributed by atoms with Gasteiger partial charge in [-0.2, -0.15) is 0 Å². The molecule has 2 rings (SSSR count). The second-order valence-electron chi connectivity index (χ2n) is 5.53. The number of nitrogens with zero attached hydrogens (tertiary/aromatic N) is 1. The molecule has 0 aromatic carbocycles. The minimum atomic E-state index is 0.412. The van der Waals surface area contributed by atoms with Crippen LogP contribution in [-0.2, 0) is 11.3 Å². The summed E-state index contributed by atoms with van der Waals surface area (Å²) in [6.45, 7) is 6.26. The molecule has 1 fully saturated rings. The molecular weight excluding hydrogens is 224 g/mol. The average molecular weight is 250 g/mol. The van der Waals surface area contributed by atoms with Crippen LogP contribution in [0, 0.1) is 13.8 Å². The fourth-order valence-corrected chi connectivity index (χ4v) is 2.78. The lowest BCUT2D eigenvalue weighted by Crippen LogP contribution is -2.30.